The molecule has 0 saturated carbocycles. The number of phenolic OH excluding ortho intramolecular Hbond substituents is 2. The predicted octanol–water partition coefficient (Wildman–Crippen LogP) is 4.04. The fourth-order valence-corrected chi connectivity index (χ4v) is 3.90. The molecular formula is C26H31N3O3. The van der Waals surface area contributed by atoms with Crippen LogP contribution in [0.1, 0.15) is 40.7 Å². The van der Waals surface area contributed by atoms with Gasteiger partial charge in [0.05, 0.1) is 0 Å². The standard InChI is InChI=1S/C16H17NO.C10H14N2O2/c18-15-6-3-12(4-7-15)10-13-5-8-16-14(11-13)2-1-9-17-16;1-6-4-7(13)5-9(11)8(6)2-3-10(12)14/h3-8,11,17-18H,1-2,9-10H2;4-5,13H,2-3,11H2,1H3,(H2,12,14). The van der Waals surface area contributed by atoms with Gasteiger partial charge >= 0.3 is 0 Å². The topological polar surface area (TPSA) is 122 Å². The molecule has 0 radical (unpaired) electrons. The van der Waals surface area contributed by atoms with Crippen LogP contribution in [-0.4, -0.2) is 22.7 Å². The Morgan fingerprint density at radius 3 is 2.41 bits per heavy atom. The zero-order valence-electron chi connectivity index (χ0n) is 18.4. The Bertz CT molecular complexity index is 1060. The van der Waals surface area contributed by atoms with Crippen molar-refractivity contribution in [2.24, 2.45) is 5.73 Å². The summed E-state index contributed by atoms with van der Waals surface area (Å²) in [5.41, 5.74) is 18.3. The number of anilines is 2. The molecule has 4 rings (SSSR count). The Kier molecular flexibility index (Phi) is 7.60. The zero-order chi connectivity index (χ0) is 23.1. The molecule has 168 valence electrons. The van der Waals surface area contributed by atoms with E-state index in [2.05, 4.69) is 23.5 Å². The lowest BCUT2D eigenvalue weighted by Gasteiger charge is -2.18. The van der Waals surface area contributed by atoms with Crippen LogP contribution in [0.4, 0.5) is 11.4 Å². The molecule has 3 aromatic rings. The molecule has 0 saturated heterocycles. The Labute approximate surface area is 188 Å². The molecule has 0 fully saturated rings. The van der Waals surface area contributed by atoms with E-state index in [-0.39, 0.29) is 18.1 Å². The number of nitrogens with two attached hydrogens (primary N) is 2. The average Bonchev–Trinajstić information content (AvgIpc) is 2.75. The van der Waals surface area contributed by atoms with Crippen molar-refractivity contribution < 1.29 is 15.0 Å². The van der Waals surface area contributed by atoms with Crippen molar-refractivity contribution in [3.63, 3.8) is 0 Å². The molecule has 1 aliphatic rings. The third-order valence-corrected chi connectivity index (χ3v) is 5.57. The number of phenols is 2. The second kappa shape index (κ2) is 10.6. The largest absolute Gasteiger partial charge is 0.508 e. The number of nitrogens with one attached hydrogen (secondary N) is 1. The quantitative estimate of drug-likeness (QED) is 0.389. The summed E-state index contributed by atoms with van der Waals surface area (Å²) >= 11 is 0. The van der Waals surface area contributed by atoms with Crippen LogP contribution in [-0.2, 0) is 24.1 Å². The van der Waals surface area contributed by atoms with Crippen LogP contribution >= 0.6 is 0 Å². The lowest BCUT2D eigenvalue weighted by molar-refractivity contribution is -0.117. The van der Waals surface area contributed by atoms with Gasteiger partial charge in [-0.2, -0.15) is 0 Å². The van der Waals surface area contributed by atoms with Crippen molar-refractivity contribution in [3.8, 4) is 11.5 Å². The smallest absolute Gasteiger partial charge is 0.217 e. The second-order valence-corrected chi connectivity index (χ2v) is 8.16. The van der Waals surface area contributed by atoms with E-state index in [0.717, 1.165) is 24.1 Å². The number of aromatic hydroxyl groups is 2. The average molecular weight is 434 g/mol. The summed E-state index contributed by atoms with van der Waals surface area (Å²) in [6.07, 6.45) is 4.11. The van der Waals surface area contributed by atoms with E-state index in [1.807, 2.05) is 19.1 Å². The summed E-state index contributed by atoms with van der Waals surface area (Å²) in [5, 5.41) is 21.9. The summed E-state index contributed by atoms with van der Waals surface area (Å²) in [5.74, 6) is 0.119. The Morgan fingerprint density at radius 1 is 1.00 bits per heavy atom. The molecule has 1 heterocycles. The lowest BCUT2D eigenvalue weighted by atomic mass is 9.97. The second-order valence-electron chi connectivity index (χ2n) is 8.16. The number of rotatable bonds is 5. The summed E-state index contributed by atoms with van der Waals surface area (Å²) in [6, 6.07) is 17.2. The monoisotopic (exact) mass is 433 g/mol. The van der Waals surface area contributed by atoms with Crippen LogP contribution in [0.25, 0.3) is 0 Å². The summed E-state index contributed by atoms with van der Waals surface area (Å²) in [6.45, 7) is 2.93. The van der Waals surface area contributed by atoms with Crippen LogP contribution in [0.2, 0.25) is 0 Å². The van der Waals surface area contributed by atoms with Gasteiger partial charge in [0.2, 0.25) is 5.91 Å². The van der Waals surface area contributed by atoms with Gasteiger partial charge in [0, 0.05) is 30.4 Å². The van der Waals surface area contributed by atoms with Gasteiger partial charge in [-0.3, -0.25) is 4.79 Å². The van der Waals surface area contributed by atoms with Gasteiger partial charge in [0.25, 0.3) is 0 Å². The molecule has 3 aromatic carbocycles. The van der Waals surface area contributed by atoms with Crippen LogP contribution in [0.5, 0.6) is 11.5 Å². The minimum Gasteiger partial charge on any atom is -0.508 e. The maximum atomic E-state index is 10.6. The van der Waals surface area contributed by atoms with E-state index in [0.29, 0.717) is 17.9 Å². The molecule has 6 heteroatoms. The van der Waals surface area contributed by atoms with E-state index >= 15 is 0 Å². The van der Waals surface area contributed by atoms with Gasteiger partial charge < -0.3 is 27.0 Å². The number of carbonyl (C=O) groups excluding carboxylic acids is 1. The molecular weight excluding hydrogens is 402 g/mol. The Balaban J connectivity index is 0.000000188. The van der Waals surface area contributed by atoms with E-state index in [9.17, 15) is 15.0 Å². The molecule has 0 unspecified atom stereocenters. The third kappa shape index (κ3) is 6.41. The van der Waals surface area contributed by atoms with E-state index in [4.69, 9.17) is 11.5 Å². The van der Waals surface area contributed by atoms with Gasteiger partial charge in [-0.05, 0) is 84.7 Å². The fraction of sp³-hybridized carbons (Fsp3) is 0.269. The minimum atomic E-state index is -0.350. The minimum absolute atomic E-state index is 0.142. The number of carbonyl (C=O) groups is 1. The van der Waals surface area contributed by atoms with Crippen molar-refractivity contribution in [1.29, 1.82) is 0 Å². The Hall–Kier alpha value is -3.67. The van der Waals surface area contributed by atoms with E-state index in [1.54, 1.807) is 18.2 Å². The van der Waals surface area contributed by atoms with E-state index < -0.39 is 0 Å². The van der Waals surface area contributed by atoms with E-state index in [1.165, 1.54) is 41.3 Å². The highest BCUT2D eigenvalue weighted by Gasteiger charge is 2.09. The lowest BCUT2D eigenvalue weighted by Crippen LogP contribution is -2.12. The van der Waals surface area contributed by atoms with Gasteiger partial charge in [-0.25, -0.2) is 0 Å². The maximum absolute atomic E-state index is 10.6. The van der Waals surface area contributed by atoms with Crippen LogP contribution < -0.4 is 16.8 Å². The first kappa shape index (κ1) is 23.0. The van der Waals surface area contributed by atoms with Gasteiger partial charge in [0.15, 0.2) is 0 Å². The van der Waals surface area contributed by atoms with Gasteiger partial charge in [0.1, 0.15) is 11.5 Å². The van der Waals surface area contributed by atoms with Crippen LogP contribution in [0, 0.1) is 6.92 Å². The first-order valence-electron chi connectivity index (χ1n) is 10.8. The van der Waals surface area contributed by atoms with Crippen molar-refractivity contribution in [1.82, 2.24) is 0 Å². The molecule has 0 bridgehead atoms. The molecule has 1 aliphatic heterocycles. The number of benzene rings is 3. The maximum Gasteiger partial charge on any atom is 0.217 e. The number of primary amides is 1. The number of hydrogen-bond donors (Lipinski definition) is 5. The first-order valence-corrected chi connectivity index (χ1v) is 10.8. The van der Waals surface area contributed by atoms with Crippen molar-refractivity contribution in [2.45, 2.75) is 39.0 Å². The molecule has 6 nitrogen and oxygen atoms in total. The van der Waals surface area contributed by atoms with Gasteiger partial charge in [-0.1, -0.05) is 24.3 Å². The summed E-state index contributed by atoms with van der Waals surface area (Å²) in [7, 11) is 0. The fourth-order valence-electron chi connectivity index (χ4n) is 3.90. The number of aryl methyl sites for hydroxylation is 2. The molecule has 0 atom stereocenters. The SMILES string of the molecule is Cc1cc(O)cc(N)c1CCC(N)=O.Oc1ccc(Cc2ccc3c(c2)CCCN3)cc1. The normalized spacial score (nSPS) is 12.2. The van der Waals surface area contributed by atoms with Crippen molar-refractivity contribution in [2.75, 3.05) is 17.6 Å². The molecule has 32 heavy (non-hydrogen) atoms. The van der Waals surface area contributed by atoms with Gasteiger partial charge in [-0.15, -0.1) is 0 Å². The van der Waals surface area contributed by atoms with Crippen LogP contribution in [0.3, 0.4) is 0 Å². The molecule has 7 N–H and O–H groups in total. The molecule has 1 amide bonds. The van der Waals surface area contributed by atoms with Crippen molar-refractivity contribution >= 4 is 17.3 Å². The highest BCUT2D eigenvalue weighted by Crippen LogP contribution is 2.25. The third-order valence-electron chi connectivity index (χ3n) is 5.57. The number of hydrogen-bond acceptors (Lipinski definition) is 5. The first-order chi connectivity index (χ1) is 15.3. The number of fused-ring (bicyclic) bond motifs is 1. The molecule has 0 aromatic heterocycles. The predicted molar refractivity (Wildman–Crippen MR) is 129 cm³/mol. The summed E-state index contributed by atoms with van der Waals surface area (Å²) < 4.78 is 0. The highest BCUT2D eigenvalue weighted by molar-refractivity contribution is 5.74. The summed E-state index contributed by atoms with van der Waals surface area (Å²) in [4.78, 5) is 10.6. The number of nitrogen functional groups attached to an aromatic ring is 1. The molecule has 0 spiro atoms. The zero-order valence-corrected chi connectivity index (χ0v) is 18.4. The Morgan fingerprint density at radius 2 is 1.72 bits per heavy atom. The van der Waals surface area contributed by atoms with Crippen LogP contribution in [0.15, 0.2) is 54.6 Å². The molecule has 0 aliphatic carbocycles. The highest BCUT2D eigenvalue weighted by atomic mass is 16.3. The van der Waals surface area contributed by atoms with Crippen molar-refractivity contribution in [3.05, 3.63) is 82.4 Å². The number of amides is 1.